The summed E-state index contributed by atoms with van der Waals surface area (Å²) < 4.78 is 27.2. The van der Waals surface area contributed by atoms with E-state index in [4.69, 9.17) is 19.6 Å². The first-order chi connectivity index (χ1) is 16.1. The fraction of sp³-hybridized carbons (Fsp3) is 0.261. The number of nitrogens with one attached hydrogen (secondary N) is 2. The molecule has 33 heavy (non-hydrogen) atoms. The molecule has 1 aliphatic rings. The molecule has 170 valence electrons. The molecule has 2 aromatic carbocycles. The van der Waals surface area contributed by atoms with E-state index in [1.165, 1.54) is 13.2 Å². The Bertz CT molecular complexity index is 1270. The third kappa shape index (κ3) is 4.24. The molecule has 0 amide bonds. The number of rotatable bonds is 6. The lowest BCUT2D eigenvalue weighted by Gasteiger charge is -2.22. The highest BCUT2D eigenvalue weighted by molar-refractivity contribution is 5.90. The molecule has 9 nitrogen and oxygen atoms in total. The summed E-state index contributed by atoms with van der Waals surface area (Å²) in [5.41, 5.74) is 1.56. The van der Waals surface area contributed by atoms with E-state index in [0.29, 0.717) is 41.8 Å². The Morgan fingerprint density at radius 3 is 2.67 bits per heavy atom. The average molecular weight is 450 g/mol. The summed E-state index contributed by atoms with van der Waals surface area (Å²) in [5.74, 6) is 0.922. The Kier molecular flexibility index (Phi) is 5.66. The van der Waals surface area contributed by atoms with E-state index in [9.17, 15) is 9.50 Å². The molecule has 10 heteroatoms. The van der Waals surface area contributed by atoms with Crippen LogP contribution in [0, 0.1) is 5.82 Å². The molecule has 1 aliphatic heterocycles. The molecular weight excluding hydrogens is 427 g/mol. The minimum Gasteiger partial charge on any atom is -0.508 e. The molecule has 1 saturated heterocycles. The van der Waals surface area contributed by atoms with Crippen LogP contribution in [-0.4, -0.2) is 45.2 Å². The maximum absolute atomic E-state index is 14.6. The quantitative estimate of drug-likeness (QED) is 0.368. The molecule has 3 heterocycles. The number of phenols is 1. The highest BCUT2D eigenvalue weighted by atomic mass is 19.1. The van der Waals surface area contributed by atoms with E-state index in [1.807, 2.05) is 4.68 Å². The van der Waals surface area contributed by atoms with Crippen LogP contribution in [0.15, 0.2) is 48.7 Å². The van der Waals surface area contributed by atoms with Crippen molar-refractivity contribution in [2.75, 3.05) is 31.0 Å². The number of nitrogens with zero attached hydrogens (tertiary/aromatic N) is 4. The number of hydrogen-bond acceptors (Lipinski definition) is 8. The van der Waals surface area contributed by atoms with Gasteiger partial charge >= 0.3 is 0 Å². The van der Waals surface area contributed by atoms with Crippen molar-refractivity contribution in [2.24, 2.45) is 0 Å². The van der Waals surface area contributed by atoms with Gasteiger partial charge in [0, 0.05) is 25.1 Å². The Hall–Kier alpha value is -3.92. The second-order valence-corrected chi connectivity index (χ2v) is 7.68. The van der Waals surface area contributed by atoms with Crippen molar-refractivity contribution in [3.63, 3.8) is 0 Å². The molecule has 0 unspecified atom stereocenters. The number of halogens is 1. The minimum absolute atomic E-state index is 0.0933. The van der Waals surface area contributed by atoms with Crippen LogP contribution in [-0.2, 0) is 4.74 Å². The van der Waals surface area contributed by atoms with E-state index in [2.05, 4.69) is 15.6 Å². The Balaban J connectivity index is 1.56. The van der Waals surface area contributed by atoms with Crippen molar-refractivity contribution in [3.8, 4) is 11.5 Å². The van der Waals surface area contributed by atoms with Gasteiger partial charge in [0.05, 0.1) is 18.5 Å². The number of aromatic nitrogens is 4. The maximum atomic E-state index is 14.6. The van der Waals surface area contributed by atoms with Crippen molar-refractivity contribution >= 4 is 34.2 Å². The van der Waals surface area contributed by atoms with Crippen molar-refractivity contribution in [3.05, 3.63) is 54.5 Å². The zero-order valence-corrected chi connectivity index (χ0v) is 18.0. The summed E-state index contributed by atoms with van der Waals surface area (Å²) in [6.45, 7) is 1.28. The fourth-order valence-electron chi connectivity index (χ4n) is 3.85. The standard InChI is InChI=1S/C23H23FN6O3/c1-32-19-4-2-3-18(24)20(19)27-21-17-13-25-23(26-14-5-7-16(31)8-6-14)28-22(17)30(29-21)15-9-11-33-12-10-15/h2-8,13,15,31H,9-12H2,1H3,(H,27,29)(H,25,26,28). The lowest BCUT2D eigenvalue weighted by atomic mass is 10.1. The number of phenolic OH excluding ortho intramolecular Hbond substituents is 1. The van der Waals surface area contributed by atoms with E-state index in [0.717, 1.165) is 18.5 Å². The summed E-state index contributed by atoms with van der Waals surface area (Å²) in [6, 6.07) is 11.3. The maximum Gasteiger partial charge on any atom is 0.229 e. The van der Waals surface area contributed by atoms with Gasteiger partial charge in [-0.1, -0.05) is 6.07 Å². The summed E-state index contributed by atoms with van der Waals surface area (Å²) >= 11 is 0. The normalized spacial score (nSPS) is 14.4. The van der Waals surface area contributed by atoms with Gasteiger partial charge in [-0.25, -0.2) is 14.1 Å². The number of benzene rings is 2. The number of ether oxygens (including phenoxy) is 2. The smallest absolute Gasteiger partial charge is 0.229 e. The van der Waals surface area contributed by atoms with Crippen molar-refractivity contribution < 1.29 is 19.0 Å². The summed E-state index contributed by atoms with van der Waals surface area (Å²) in [5, 5.41) is 21.1. The molecule has 0 radical (unpaired) electrons. The number of hydrogen-bond donors (Lipinski definition) is 3. The van der Waals surface area contributed by atoms with Crippen molar-refractivity contribution in [1.29, 1.82) is 0 Å². The second kappa shape index (κ2) is 8.91. The molecule has 0 bridgehead atoms. The third-order valence-corrected chi connectivity index (χ3v) is 5.55. The average Bonchev–Trinajstić information content (AvgIpc) is 3.20. The fourth-order valence-corrected chi connectivity index (χ4v) is 3.85. The molecule has 0 aliphatic carbocycles. The molecule has 0 spiro atoms. The van der Waals surface area contributed by atoms with Gasteiger partial charge in [-0.2, -0.15) is 10.1 Å². The molecule has 0 saturated carbocycles. The van der Waals surface area contributed by atoms with Crippen molar-refractivity contribution in [1.82, 2.24) is 19.7 Å². The molecule has 2 aromatic heterocycles. The van der Waals surface area contributed by atoms with Crippen LogP contribution < -0.4 is 15.4 Å². The number of anilines is 4. The molecule has 1 fully saturated rings. The molecule has 4 aromatic rings. The van der Waals surface area contributed by atoms with Crippen LogP contribution in [0.2, 0.25) is 0 Å². The number of para-hydroxylation sites is 1. The number of aromatic hydroxyl groups is 1. The van der Waals surface area contributed by atoms with E-state index < -0.39 is 5.82 Å². The predicted octanol–water partition coefficient (Wildman–Crippen LogP) is 4.52. The van der Waals surface area contributed by atoms with E-state index in [-0.39, 0.29) is 17.5 Å². The SMILES string of the molecule is COc1cccc(F)c1Nc1nn(C2CCOCC2)c2nc(Nc3ccc(O)cc3)ncc12. The molecule has 3 N–H and O–H groups in total. The Morgan fingerprint density at radius 2 is 1.91 bits per heavy atom. The van der Waals surface area contributed by atoms with E-state index >= 15 is 0 Å². The van der Waals surface area contributed by atoms with Crippen LogP contribution in [0.1, 0.15) is 18.9 Å². The third-order valence-electron chi connectivity index (χ3n) is 5.55. The lowest BCUT2D eigenvalue weighted by molar-refractivity contribution is 0.0674. The van der Waals surface area contributed by atoms with Gasteiger partial charge in [-0.15, -0.1) is 0 Å². The summed E-state index contributed by atoms with van der Waals surface area (Å²) in [4.78, 5) is 9.13. The summed E-state index contributed by atoms with van der Waals surface area (Å²) in [6.07, 6.45) is 3.25. The zero-order chi connectivity index (χ0) is 22.8. The number of methoxy groups -OCH3 is 1. The first-order valence-electron chi connectivity index (χ1n) is 10.6. The first kappa shape index (κ1) is 21.0. The van der Waals surface area contributed by atoms with Gasteiger partial charge in [-0.05, 0) is 49.2 Å². The zero-order valence-electron chi connectivity index (χ0n) is 18.0. The van der Waals surface area contributed by atoms with Crippen LogP contribution >= 0.6 is 0 Å². The van der Waals surface area contributed by atoms with Gasteiger partial charge in [0.1, 0.15) is 17.2 Å². The van der Waals surface area contributed by atoms with Gasteiger partial charge in [0.2, 0.25) is 5.95 Å². The molecule has 0 atom stereocenters. The number of fused-ring (bicyclic) bond motifs is 1. The Labute approximate surface area is 189 Å². The molecular formula is C23H23FN6O3. The first-order valence-corrected chi connectivity index (χ1v) is 10.6. The lowest BCUT2D eigenvalue weighted by Crippen LogP contribution is -2.21. The summed E-state index contributed by atoms with van der Waals surface area (Å²) in [7, 11) is 1.49. The van der Waals surface area contributed by atoms with Gasteiger partial charge in [0.25, 0.3) is 0 Å². The van der Waals surface area contributed by atoms with Gasteiger partial charge in [0.15, 0.2) is 17.3 Å². The largest absolute Gasteiger partial charge is 0.508 e. The van der Waals surface area contributed by atoms with Crippen LogP contribution in [0.25, 0.3) is 11.0 Å². The van der Waals surface area contributed by atoms with Gasteiger partial charge in [-0.3, -0.25) is 0 Å². The van der Waals surface area contributed by atoms with Gasteiger partial charge < -0.3 is 25.2 Å². The molecule has 5 rings (SSSR count). The highest BCUT2D eigenvalue weighted by Gasteiger charge is 2.23. The van der Waals surface area contributed by atoms with Crippen LogP contribution in [0.3, 0.4) is 0 Å². The second-order valence-electron chi connectivity index (χ2n) is 7.68. The highest BCUT2D eigenvalue weighted by Crippen LogP contribution is 2.35. The van der Waals surface area contributed by atoms with Crippen LogP contribution in [0.5, 0.6) is 11.5 Å². The Morgan fingerprint density at radius 1 is 1.12 bits per heavy atom. The minimum atomic E-state index is -0.449. The van der Waals surface area contributed by atoms with E-state index in [1.54, 1.807) is 42.6 Å². The topological polar surface area (TPSA) is 106 Å². The van der Waals surface area contributed by atoms with Crippen LogP contribution in [0.4, 0.5) is 27.5 Å². The van der Waals surface area contributed by atoms with Crippen molar-refractivity contribution in [2.45, 2.75) is 18.9 Å². The monoisotopic (exact) mass is 450 g/mol. The predicted molar refractivity (Wildman–Crippen MR) is 122 cm³/mol.